The van der Waals surface area contributed by atoms with Gasteiger partial charge in [-0.15, -0.1) is 5.10 Å². The fourth-order valence-electron chi connectivity index (χ4n) is 4.26. The molecule has 0 aromatic carbocycles. The number of hydrogen-bond donors (Lipinski definition) is 0. The maximum atomic E-state index is 12.9. The smallest absolute Gasteiger partial charge is 0.225 e. The van der Waals surface area contributed by atoms with Crippen LogP contribution in [0.1, 0.15) is 70.4 Å². The average molecular weight is 332 g/mol. The number of aryl methyl sites for hydroxylation is 1. The molecule has 1 aromatic rings. The third-order valence-corrected chi connectivity index (χ3v) is 5.57. The molecule has 1 saturated carbocycles. The van der Waals surface area contributed by atoms with Crippen LogP contribution in [0.2, 0.25) is 0 Å². The molecule has 1 atom stereocenters. The van der Waals surface area contributed by atoms with Crippen molar-refractivity contribution in [3.8, 4) is 0 Å². The molecule has 1 saturated heterocycles. The molecule has 2 fully saturated rings. The SMILES string of the molecule is CCCc1cn(C[C@@H]2CCCN(C(=O)C3CCCCCC3)C2)nn1. The van der Waals surface area contributed by atoms with E-state index in [0.29, 0.717) is 11.8 Å². The zero-order valence-electron chi connectivity index (χ0n) is 15.1. The first-order valence-electron chi connectivity index (χ1n) is 9.94. The number of aromatic nitrogens is 3. The van der Waals surface area contributed by atoms with E-state index in [1.54, 1.807) is 0 Å². The van der Waals surface area contributed by atoms with E-state index in [1.165, 1.54) is 32.1 Å². The van der Waals surface area contributed by atoms with Crippen molar-refractivity contribution in [1.82, 2.24) is 19.9 Å². The van der Waals surface area contributed by atoms with Gasteiger partial charge in [-0.3, -0.25) is 9.48 Å². The van der Waals surface area contributed by atoms with Crippen LogP contribution in [0.3, 0.4) is 0 Å². The molecule has 0 bridgehead atoms. The number of carbonyl (C=O) groups is 1. The quantitative estimate of drug-likeness (QED) is 0.776. The molecular formula is C19H32N4O. The fraction of sp³-hybridized carbons (Fsp3) is 0.842. The molecule has 3 rings (SSSR count). The van der Waals surface area contributed by atoms with Crippen molar-refractivity contribution in [3.05, 3.63) is 11.9 Å². The van der Waals surface area contributed by atoms with Crippen molar-refractivity contribution >= 4 is 5.91 Å². The molecule has 1 aliphatic carbocycles. The van der Waals surface area contributed by atoms with Crippen LogP contribution in [0.25, 0.3) is 0 Å². The predicted molar refractivity (Wildman–Crippen MR) is 94.5 cm³/mol. The Morgan fingerprint density at radius 1 is 1.17 bits per heavy atom. The van der Waals surface area contributed by atoms with Gasteiger partial charge in [0, 0.05) is 31.7 Å². The van der Waals surface area contributed by atoms with Gasteiger partial charge in [0.15, 0.2) is 0 Å². The van der Waals surface area contributed by atoms with Gasteiger partial charge in [-0.1, -0.05) is 44.2 Å². The van der Waals surface area contributed by atoms with Crippen LogP contribution in [0, 0.1) is 11.8 Å². The number of carbonyl (C=O) groups excluding carboxylic acids is 1. The first-order chi connectivity index (χ1) is 11.8. The first-order valence-corrected chi connectivity index (χ1v) is 9.94. The molecule has 5 heteroatoms. The second-order valence-corrected chi connectivity index (χ2v) is 7.66. The molecule has 134 valence electrons. The first kappa shape index (κ1) is 17.4. The van der Waals surface area contributed by atoms with Crippen LogP contribution in [0.4, 0.5) is 0 Å². The lowest BCUT2D eigenvalue weighted by molar-refractivity contribution is -0.138. The summed E-state index contributed by atoms with van der Waals surface area (Å²) < 4.78 is 1.98. The predicted octanol–water partition coefficient (Wildman–Crippen LogP) is 3.44. The van der Waals surface area contributed by atoms with Crippen LogP contribution in [-0.2, 0) is 17.8 Å². The minimum absolute atomic E-state index is 0.286. The Morgan fingerprint density at radius 2 is 1.96 bits per heavy atom. The minimum atomic E-state index is 0.286. The van der Waals surface area contributed by atoms with E-state index in [-0.39, 0.29) is 5.92 Å². The molecule has 5 nitrogen and oxygen atoms in total. The van der Waals surface area contributed by atoms with E-state index in [0.717, 1.165) is 57.4 Å². The standard InChI is InChI=1S/C19H32N4O/c1-2-8-18-15-23(21-20-18)14-16-9-7-12-22(13-16)19(24)17-10-5-3-4-6-11-17/h15-17H,2-14H2,1H3/t16-/m1/s1. The van der Waals surface area contributed by atoms with Crippen molar-refractivity contribution in [2.24, 2.45) is 11.8 Å². The Kier molecular flexibility index (Phi) is 6.27. The second-order valence-electron chi connectivity index (χ2n) is 7.66. The maximum absolute atomic E-state index is 12.9. The summed E-state index contributed by atoms with van der Waals surface area (Å²) in [5.41, 5.74) is 1.08. The van der Waals surface area contributed by atoms with Gasteiger partial charge in [0.2, 0.25) is 5.91 Å². The topological polar surface area (TPSA) is 51.0 Å². The molecule has 1 aromatic heterocycles. The number of hydrogen-bond acceptors (Lipinski definition) is 3. The highest BCUT2D eigenvalue weighted by Crippen LogP contribution is 2.27. The molecule has 1 amide bonds. The van der Waals surface area contributed by atoms with Crippen LogP contribution in [0.5, 0.6) is 0 Å². The Morgan fingerprint density at radius 3 is 2.71 bits per heavy atom. The van der Waals surface area contributed by atoms with E-state index in [1.807, 2.05) is 4.68 Å². The summed E-state index contributed by atoms with van der Waals surface area (Å²) in [6.45, 7) is 4.91. The van der Waals surface area contributed by atoms with Gasteiger partial charge in [-0.25, -0.2) is 0 Å². The van der Waals surface area contributed by atoms with Crippen molar-refractivity contribution in [1.29, 1.82) is 0 Å². The molecular weight excluding hydrogens is 300 g/mol. The number of amides is 1. The van der Waals surface area contributed by atoms with Crippen LogP contribution in [-0.4, -0.2) is 38.9 Å². The van der Waals surface area contributed by atoms with E-state index in [2.05, 4.69) is 28.3 Å². The van der Waals surface area contributed by atoms with E-state index in [4.69, 9.17) is 0 Å². The van der Waals surface area contributed by atoms with Gasteiger partial charge in [0.25, 0.3) is 0 Å². The third-order valence-electron chi connectivity index (χ3n) is 5.57. The van der Waals surface area contributed by atoms with Crippen molar-refractivity contribution < 1.29 is 4.79 Å². The van der Waals surface area contributed by atoms with Crippen molar-refractivity contribution in [2.45, 2.75) is 77.7 Å². The Hall–Kier alpha value is -1.39. The highest BCUT2D eigenvalue weighted by atomic mass is 16.2. The molecule has 0 N–H and O–H groups in total. The summed E-state index contributed by atoms with van der Waals surface area (Å²) in [6.07, 6.45) is 13.8. The Bertz CT molecular complexity index is 519. The number of likely N-dealkylation sites (tertiary alicyclic amines) is 1. The molecule has 24 heavy (non-hydrogen) atoms. The summed E-state index contributed by atoms with van der Waals surface area (Å²) >= 11 is 0. The van der Waals surface area contributed by atoms with Crippen molar-refractivity contribution in [3.63, 3.8) is 0 Å². The number of nitrogens with zero attached hydrogens (tertiary/aromatic N) is 4. The van der Waals surface area contributed by atoms with E-state index >= 15 is 0 Å². The van der Waals surface area contributed by atoms with Crippen LogP contribution in [0.15, 0.2) is 6.20 Å². The van der Waals surface area contributed by atoms with E-state index in [9.17, 15) is 4.79 Å². The van der Waals surface area contributed by atoms with Crippen LogP contribution < -0.4 is 0 Å². The molecule has 2 aliphatic rings. The number of rotatable bonds is 5. The second kappa shape index (κ2) is 8.63. The highest BCUT2D eigenvalue weighted by molar-refractivity contribution is 5.79. The summed E-state index contributed by atoms with van der Waals surface area (Å²) in [7, 11) is 0. The fourth-order valence-corrected chi connectivity index (χ4v) is 4.26. The van der Waals surface area contributed by atoms with Gasteiger partial charge in [0.1, 0.15) is 0 Å². The molecule has 1 aliphatic heterocycles. The van der Waals surface area contributed by atoms with E-state index < -0.39 is 0 Å². The summed E-state index contributed by atoms with van der Waals surface area (Å²) in [5.74, 6) is 1.23. The van der Waals surface area contributed by atoms with Gasteiger partial charge >= 0.3 is 0 Å². The maximum Gasteiger partial charge on any atom is 0.225 e. The zero-order chi connectivity index (χ0) is 16.8. The van der Waals surface area contributed by atoms with Crippen molar-refractivity contribution in [2.75, 3.05) is 13.1 Å². The Labute approximate surface area is 145 Å². The van der Waals surface area contributed by atoms with Gasteiger partial charge in [0.05, 0.1) is 5.69 Å². The summed E-state index contributed by atoms with van der Waals surface area (Å²) in [4.78, 5) is 15.0. The lowest BCUT2D eigenvalue weighted by Crippen LogP contribution is -2.44. The lowest BCUT2D eigenvalue weighted by Gasteiger charge is -2.34. The number of piperidine rings is 1. The summed E-state index contributed by atoms with van der Waals surface area (Å²) in [5, 5.41) is 8.51. The van der Waals surface area contributed by atoms with Gasteiger partial charge in [-0.2, -0.15) is 0 Å². The minimum Gasteiger partial charge on any atom is -0.342 e. The normalized spacial score (nSPS) is 23.2. The molecule has 2 heterocycles. The average Bonchev–Trinajstić information content (AvgIpc) is 2.86. The summed E-state index contributed by atoms with van der Waals surface area (Å²) in [6, 6.07) is 0. The molecule has 0 spiro atoms. The molecule has 0 radical (unpaired) electrons. The monoisotopic (exact) mass is 332 g/mol. The van der Waals surface area contributed by atoms with Gasteiger partial charge in [-0.05, 0) is 38.0 Å². The van der Waals surface area contributed by atoms with Crippen LogP contribution >= 0.6 is 0 Å². The molecule has 0 unspecified atom stereocenters. The zero-order valence-corrected chi connectivity index (χ0v) is 15.1. The Balaban J connectivity index is 1.54. The lowest BCUT2D eigenvalue weighted by atomic mass is 9.94. The van der Waals surface area contributed by atoms with Gasteiger partial charge < -0.3 is 4.90 Å². The third kappa shape index (κ3) is 4.58. The largest absolute Gasteiger partial charge is 0.342 e. The highest BCUT2D eigenvalue weighted by Gasteiger charge is 2.29.